The van der Waals surface area contributed by atoms with Crippen LogP contribution >= 0.6 is 15.9 Å². The van der Waals surface area contributed by atoms with Crippen LogP contribution < -0.4 is 10.5 Å². The minimum absolute atomic E-state index is 0.232. The van der Waals surface area contributed by atoms with E-state index in [4.69, 9.17) is 5.73 Å². The Morgan fingerprint density at radius 2 is 1.76 bits per heavy atom. The summed E-state index contributed by atoms with van der Waals surface area (Å²) in [4.78, 5) is 0.275. The summed E-state index contributed by atoms with van der Waals surface area (Å²) in [7, 11) is -3.56. The van der Waals surface area contributed by atoms with Gasteiger partial charge < -0.3 is 5.73 Å². The van der Waals surface area contributed by atoms with Crippen LogP contribution in [0.4, 0.5) is 0 Å². The van der Waals surface area contributed by atoms with Crippen LogP contribution in [0.2, 0.25) is 0 Å². The van der Waals surface area contributed by atoms with Crippen LogP contribution in [-0.2, 0) is 23.1 Å². The van der Waals surface area contributed by atoms with E-state index in [1.165, 1.54) is 0 Å². The lowest BCUT2D eigenvalue weighted by Gasteiger charge is -2.12. The topological polar surface area (TPSA) is 72.2 Å². The summed E-state index contributed by atoms with van der Waals surface area (Å²) in [6.07, 6.45) is 0. The molecule has 0 aliphatic carbocycles. The molecule has 3 N–H and O–H groups in total. The summed E-state index contributed by atoms with van der Waals surface area (Å²) in [6.45, 7) is 2.32. The molecule has 0 radical (unpaired) electrons. The molecule has 0 spiro atoms. The first-order chi connectivity index (χ1) is 9.95. The highest BCUT2D eigenvalue weighted by Crippen LogP contribution is 2.20. The van der Waals surface area contributed by atoms with Crippen LogP contribution in [0.15, 0.2) is 51.8 Å². The Bertz CT molecular complexity index is 745. The van der Waals surface area contributed by atoms with E-state index in [9.17, 15) is 8.42 Å². The second-order valence-corrected chi connectivity index (χ2v) is 7.25. The van der Waals surface area contributed by atoms with E-state index in [2.05, 4.69) is 20.7 Å². The molecular weight excluding hydrogens is 352 g/mol. The lowest BCUT2D eigenvalue weighted by atomic mass is 10.1. The number of benzene rings is 2. The fourth-order valence-corrected chi connectivity index (χ4v) is 3.78. The van der Waals surface area contributed by atoms with E-state index >= 15 is 0 Å². The van der Waals surface area contributed by atoms with E-state index in [0.29, 0.717) is 12.1 Å². The van der Waals surface area contributed by atoms with Crippen molar-refractivity contribution in [3.05, 3.63) is 63.6 Å². The number of hydrogen-bond acceptors (Lipinski definition) is 3. The summed E-state index contributed by atoms with van der Waals surface area (Å²) in [5, 5.41) is 0. The third-order valence-corrected chi connectivity index (χ3v) is 5.64. The van der Waals surface area contributed by atoms with Crippen molar-refractivity contribution in [1.82, 2.24) is 4.72 Å². The fraction of sp³-hybridized carbons (Fsp3) is 0.200. The number of nitrogens with one attached hydrogen (secondary N) is 1. The van der Waals surface area contributed by atoms with Gasteiger partial charge in [-0.3, -0.25) is 0 Å². The molecule has 0 aliphatic heterocycles. The predicted molar refractivity (Wildman–Crippen MR) is 87.2 cm³/mol. The van der Waals surface area contributed by atoms with Crippen molar-refractivity contribution in [3.63, 3.8) is 0 Å². The van der Waals surface area contributed by atoms with Crippen LogP contribution in [0.1, 0.15) is 16.7 Å². The summed E-state index contributed by atoms with van der Waals surface area (Å²) in [5.41, 5.74) is 8.04. The van der Waals surface area contributed by atoms with Gasteiger partial charge in [-0.2, -0.15) is 0 Å². The molecule has 0 heterocycles. The molecule has 112 valence electrons. The second-order valence-electron chi connectivity index (χ2n) is 4.66. The van der Waals surface area contributed by atoms with Gasteiger partial charge in [0.1, 0.15) is 0 Å². The molecule has 2 aromatic carbocycles. The van der Waals surface area contributed by atoms with Crippen molar-refractivity contribution in [1.29, 1.82) is 0 Å². The fourth-order valence-electron chi connectivity index (χ4n) is 2.06. The molecule has 0 amide bonds. The molecule has 21 heavy (non-hydrogen) atoms. The van der Waals surface area contributed by atoms with Crippen molar-refractivity contribution in [2.45, 2.75) is 24.9 Å². The highest BCUT2D eigenvalue weighted by molar-refractivity contribution is 9.10. The standard InChI is InChI=1S/C15H17BrN2O2S/c1-11-12(9-17)6-4-8-15(11)21(19,20)18-10-13-5-2-3-7-14(13)16/h2-8,18H,9-10,17H2,1H3. The van der Waals surface area contributed by atoms with Crippen molar-refractivity contribution in [2.24, 2.45) is 5.73 Å². The molecule has 0 saturated heterocycles. The maximum atomic E-state index is 12.4. The molecule has 0 aliphatic rings. The number of nitrogens with two attached hydrogens (primary N) is 1. The number of rotatable bonds is 5. The zero-order valence-electron chi connectivity index (χ0n) is 11.6. The Balaban J connectivity index is 2.26. The predicted octanol–water partition coefficient (Wildman–Crippen LogP) is 2.69. The van der Waals surface area contributed by atoms with E-state index in [-0.39, 0.29) is 11.4 Å². The maximum Gasteiger partial charge on any atom is 0.241 e. The van der Waals surface area contributed by atoms with Gasteiger partial charge in [0.15, 0.2) is 0 Å². The van der Waals surface area contributed by atoms with Crippen LogP contribution in [0, 0.1) is 6.92 Å². The Morgan fingerprint density at radius 1 is 1.10 bits per heavy atom. The molecule has 2 rings (SSSR count). The molecule has 0 unspecified atom stereocenters. The van der Waals surface area contributed by atoms with Gasteiger partial charge in [-0.1, -0.05) is 46.3 Å². The van der Waals surface area contributed by atoms with Gasteiger partial charge in [0.05, 0.1) is 4.90 Å². The molecule has 6 heteroatoms. The number of hydrogen-bond donors (Lipinski definition) is 2. The quantitative estimate of drug-likeness (QED) is 0.851. The average Bonchev–Trinajstić information content (AvgIpc) is 2.46. The Morgan fingerprint density at radius 3 is 2.43 bits per heavy atom. The molecule has 4 nitrogen and oxygen atoms in total. The summed E-state index contributed by atoms with van der Waals surface area (Å²) in [5.74, 6) is 0. The number of halogens is 1. The third-order valence-electron chi connectivity index (χ3n) is 3.32. The summed E-state index contributed by atoms with van der Waals surface area (Å²) in [6, 6.07) is 12.6. The Hall–Kier alpha value is -1.21. The van der Waals surface area contributed by atoms with E-state index in [1.54, 1.807) is 19.1 Å². The average molecular weight is 369 g/mol. The lowest BCUT2D eigenvalue weighted by Crippen LogP contribution is -2.24. The SMILES string of the molecule is Cc1c(CN)cccc1S(=O)(=O)NCc1ccccc1Br. The molecular formula is C15H17BrN2O2S. The third kappa shape index (κ3) is 3.71. The Kier molecular flexibility index (Phi) is 5.16. The first kappa shape index (κ1) is 16.2. The van der Waals surface area contributed by atoms with Crippen LogP contribution in [-0.4, -0.2) is 8.42 Å². The van der Waals surface area contributed by atoms with E-state index in [0.717, 1.165) is 15.6 Å². The minimum Gasteiger partial charge on any atom is -0.326 e. The molecule has 0 fully saturated rings. The minimum atomic E-state index is -3.56. The van der Waals surface area contributed by atoms with Crippen molar-refractivity contribution in [2.75, 3.05) is 0 Å². The van der Waals surface area contributed by atoms with E-state index in [1.807, 2.05) is 30.3 Å². The Labute approximate surface area is 133 Å². The first-order valence-electron chi connectivity index (χ1n) is 6.47. The van der Waals surface area contributed by atoms with Crippen LogP contribution in [0.25, 0.3) is 0 Å². The lowest BCUT2D eigenvalue weighted by molar-refractivity contribution is 0.580. The monoisotopic (exact) mass is 368 g/mol. The van der Waals surface area contributed by atoms with Gasteiger partial charge in [0, 0.05) is 17.6 Å². The smallest absolute Gasteiger partial charge is 0.241 e. The summed E-state index contributed by atoms with van der Waals surface area (Å²) >= 11 is 3.41. The van der Waals surface area contributed by atoms with E-state index < -0.39 is 10.0 Å². The number of sulfonamides is 1. The molecule has 0 aromatic heterocycles. The van der Waals surface area contributed by atoms with Gasteiger partial charge in [-0.15, -0.1) is 0 Å². The van der Waals surface area contributed by atoms with Gasteiger partial charge >= 0.3 is 0 Å². The van der Waals surface area contributed by atoms with Crippen LogP contribution in [0.3, 0.4) is 0 Å². The normalized spacial score (nSPS) is 11.6. The zero-order valence-corrected chi connectivity index (χ0v) is 14.0. The highest BCUT2D eigenvalue weighted by atomic mass is 79.9. The largest absolute Gasteiger partial charge is 0.326 e. The first-order valence-corrected chi connectivity index (χ1v) is 8.75. The highest BCUT2D eigenvalue weighted by Gasteiger charge is 2.18. The molecule has 0 bridgehead atoms. The van der Waals surface area contributed by atoms with Crippen molar-refractivity contribution in [3.8, 4) is 0 Å². The second kappa shape index (κ2) is 6.70. The van der Waals surface area contributed by atoms with Crippen molar-refractivity contribution < 1.29 is 8.42 Å². The van der Waals surface area contributed by atoms with Gasteiger partial charge in [0.25, 0.3) is 0 Å². The van der Waals surface area contributed by atoms with Gasteiger partial charge in [0.2, 0.25) is 10.0 Å². The van der Waals surface area contributed by atoms with Gasteiger partial charge in [-0.25, -0.2) is 13.1 Å². The maximum absolute atomic E-state index is 12.4. The van der Waals surface area contributed by atoms with Crippen molar-refractivity contribution >= 4 is 26.0 Å². The molecule has 0 saturated carbocycles. The van der Waals surface area contributed by atoms with Gasteiger partial charge in [-0.05, 0) is 35.7 Å². The molecule has 0 atom stereocenters. The van der Waals surface area contributed by atoms with Crippen LogP contribution in [0.5, 0.6) is 0 Å². The zero-order chi connectivity index (χ0) is 15.5. The summed E-state index contributed by atoms with van der Waals surface area (Å²) < 4.78 is 28.4. The molecule has 2 aromatic rings.